The van der Waals surface area contributed by atoms with E-state index < -0.39 is 0 Å². The predicted molar refractivity (Wildman–Crippen MR) is 79.7 cm³/mol. The van der Waals surface area contributed by atoms with Crippen LogP contribution in [0.15, 0.2) is 0 Å². The van der Waals surface area contributed by atoms with Crippen LogP contribution in [-0.2, 0) is 4.79 Å². The number of thioether (sulfide) groups is 1. The predicted octanol–water partition coefficient (Wildman–Crippen LogP) is 2.40. The molecule has 3 nitrogen and oxygen atoms in total. The molecule has 1 amide bonds. The number of rotatable bonds is 7. The molecule has 0 spiro atoms. The van der Waals surface area contributed by atoms with E-state index in [1.54, 1.807) is 0 Å². The van der Waals surface area contributed by atoms with Gasteiger partial charge in [0.2, 0.25) is 5.91 Å². The molecule has 4 heteroatoms. The standard InChI is InChI=1S/C14H28N2OS/c1-11(4-3-5-12(2)15)14(17)16-10-13-6-8-18-9-7-13/h11-13H,3-10,15H2,1-2H3,(H,16,17). The summed E-state index contributed by atoms with van der Waals surface area (Å²) in [4.78, 5) is 11.9. The monoisotopic (exact) mass is 272 g/mol. The van der Waals surface area contributed by atoms with E-state index in [0.29, 0.717) is 5.92 Å². The van der Waals surface area contributed by atoms with Crippen molar-refractivity contribution in [2.75, 3.05) is 18.1 Å². The van der Waals surface area contributed by atoms with Gasteiger partial charge in [-0.1, -0.05) is 13.3 Å². The summed E-state index contributed by atoms with van der Waals surface area (Å²) in [5.41, 5.74) is 5.71. The highest BCUT2D eigenvalue weighted by Gasteiger charge is 2.17. The summed E-state index contributed by atoms with van der Waals surface area (Å²) < 4.78 is 0. The summed E-state index contributed by atoms with van der Waals surface area (Å²) in [5.74, 6) is 3.56. The Kier molecular flexibility index (Phi) is 7.75. The first-order valence-corrected chi connectivity index (χ1v) is 8.36. The van der Waals surface area contributed by atoms with Gasteiger partial charge in [-0.3, -0.25) is 4.79 Å². The number of hydrogen-bond donors (Lipinski definition) is 2. The van der Waals surface area contributed by atoms with Crippen molar-refractivity contribution in [3.63, 3.8) is 0 Å². The molecule has 106 valence electrons. The zero-order valence-corrected chi connectivity index (χ0v) is 12.6. The van der Waals surface area contributed by atoms with Crippen molar-refractivity contribution in [1.29, 1.82) is 0 Å². The lowest BCUT2D eigenvalue weighted by atomic mass is 10.00. The fourth-order valence-corrected chi connectivity index (χ4v) is 3.45. The highest BCUT2D eigenvalue weighted by Crippen LogP contribution is 2.22. The molecule has 1 heterocycles. The van der Waals surface area contributed by atoms with E-state index in [2.05, 4.69) is 5.32 Å². The van der Waals surface area contributed by atoms with Gasteiger partial charge in [-0.15, -0.1) is 0 Å². The number of nitrogens with one attached hydrogen (secondary N) is 1. The van der Waals surface area contributed by atoms with E-state index in [-0.39, 0.29) is 17.9 Å². The third-order valence-electron chi connectivity index (χ3n) is 3.65. The molecule has 0 saturated carbocycles. The molecular weight excluding hydrogens is 244 g/mol. The molecule has 2 unspecified atom stereocenters. The van der Waals surface area contributed by atoms with Crippen LogP contribution in [0.5, 0.6) is 0 Å². The molecule has 1 fully saturated rings. The van der Waals surface area contributed by atoms with Crippen LogP contribution in [0, 0.1) is 11.8 Å². The van der Waals surface area contributed by atoms with E-state index >= 15 is 0 Å². The first-order valence-electron chi connectivity index (χ1n) is 7.20. The SMILES string of the molecule is CC(N)CCCC(C)C(=O)NCC1CCSCC1. The Morgan fingerprint density at radius 3 is 2.61 bits per heavy atom. The Morgan fingerprint density at radius 2 is 2.00 bits per heavy atom. The number of hydrogen-bond acceptors (Lipinski definition) is 3. The van der Waals surface area contributed by atoms with Gasteiger partial charge in [0.1, 0.15) is 0 Å². The van der Waals surface area contributed by atoms with Crippen LogP contribution in [0.2, 0.25) is 0 Å². The quantitative estimate of drug-likeness (QED) is 0.748. The largest absolute Gasteiger partial charge is 0.356 e. The first-order chi connectivity index (χ1) is 8.59. The zero-order chi connectivity index (χ0) is 13.4. The Labute approximate surface area is 116 Å². The van der Waals surface area contributed by atoms with Gasteiger partial charge in [0, 0.05) is 18.5 Å². The minimum atomic E-state index is 0.127. The Bertz CT molecular complexity index is 240. The van der Waals surface area contributed by atoms with Crippen LogP contribution in [-0.4, -0.2) is 30.0 Å². The highest BCUT2D eigenvalue weighted by atomic mass is 32.2. The average Bonchev–Trinajstić information content (AvgIpc) is 2.36. The smallest absolute Gasteiger partial charge is 0.222 e. The van der Waals surface area contributed by atoms with E-state index in [9.17, 15) is 4.79 Å². The van der Waals surface area contributed by atoms with Crippen molar-refractivity contribution < 1.29 is 4.79 Å². The number of carbonyl (C=O) groups is 1. The van der Waals surface area contributed by atoms with E-state index in [1.165, 1.54) is 24.3 Å². The van der Waals surface area contributed by atoms with Gasteiger partial charge in [-0.05, 0) is 50.0 Å². The second-order valence-corrected chi connectivity index (χ2v) is 6.83. The van der Waals surface area contributed by atoms with Crippen LogP contribution in [0.25, 0.3) is 0 Å². The maximum Gasteiger partial charge on any atom is 0.222 e. The van der Waals surface area contributed by atoms with Gasteiger partial charge in [0.15, 0.2) is 0 Å². The lowest BCUT2D eigenvalue weighted by Gasteiger charge is -2.22. The van der Waals surface area contributed by atoms with Crippen molar-refractivity contribution in [2.45, 2.75) is 52.0 Å². The summed E-state index contributed by atoms with van der Waals surface area (Å²) in [7, 11) is 0. The Morgan fingerprint density at radius 1 is 1.33 bits per heavy atom. The Balaban J connectivity index is 2.10. The molecule has 2 atom stereocenters. The normalized spacial score (nSPS) is 20.4. The molecule has 1 aliphatic heterocycles. The van der Waals surface area contributed by atoms with Crippen molar-refractivity contribution in [1.82, 2.24) is 5.32 Å². The molecule has 1 saturated heterocycles. The molecule has 1 rings (SSSR count). The van der Waals surface area contributed by atoms with Gasteiger partial charge in [-0.25, -0.2) is 0 Å². The molecule has 1 aliphatic rings. The van der Waals surface area contributed by atoms with Gasteiger partial charge in [0.05, 0.1) is 0 Å². The molecule has 0 aromatic rings. The highest BCUT2D eigenvalue weighted by molar-refractivity contribution is 7.99. The fourth-order valence-electron chi connectivity index (χ4n) is 2.25. The molecular formula is C14H28N2OS. The molecule has 0 aromatic carbocycles. The van der Waals surface area contributed by atoms with E-state index in [1.807, 2.05) is 25.6 Å². The molecule has 0 aromatic heterocycles. The topological polar surface area (TPSA) is 55.1 Å². The second-order valence-electron chi connectivity index (χ2n) is 5.61. The summed E-state index contributed by atoms with van der Waals surface area (Å²) >= 11 is 2.03. The molecule has 3 N–H and O–H groups in total. The van der Waals surface area contributed by atoms with Gasteiger partial charge in [-0.2, -0.15) is 11.8 Å². The summed E-state index contributed by atoms with van der Waals surface area (Å²) in [6, 6.07) is 0.250. The minimum absolute atomic E-state index is 0.127. The van der Waals surface area contributed by atoms with Crippen molar-refractivity contribution >= 4 is 17.7 Å². The van der Waals surface area contributed by atoms with Gasteiger partial charge in [0.25, 0.3) is 0 Å². The Hall–Kier alpha value is -0.220. The van der Waals surface area contributed by atoms with E-state index in [4.69, 9.17) is 5.73 Å². The second kappa shape index (κ2) is 8.81. The third-order valence-corrected chi connectivity index (χ3v) is 4.70. The maximum atomic E-state index is 11.9. The van der Waals surface area contributed by atoms with Crippen LogP contribution in [0.4, 0.5) is 0 Å². The van der Waals surface area contributed by atoms with Crippen LogP contribution >= 0.6 is 11.8 Å². The van der Waals surface area contributed by atoms with Gasteiger partial charge < -0.3 is 11.1 Å². The zero-order valence-electron chi connectivity index (χ0n) is 11.8. The lowest BCUT2D eigenvalue weighted by molar-refractivity contribution is -0.124. The third kappa shape index (κ3) is 6.64. The fraction of sp³-hybridized carbons (Fsp3) is 0.929. The number of nitrogens with two attached hydrogens (primary N) is 1. The average molecular weight is 272 g/mol. The van der Waals surface area contributed by atoms with Crippen LogP contribution in [0.1, 0.15) is 46.0 Å². The summed E-state index contributed by atoms with van der Waals surface area (Å²) in [6.07, 6.45) is 5.52. The maximum absolute atomic E-state index is 11.9. The van der Waals surface area contributed by atoms with Crippen LogP contribution in [0.3, 0.4) is 0 Å². The van der Waals surface area contributed by atoms with Gasteiger partial charge >= 0.3 is 0 Å². The summed E-state index contributed by atoms with van der Waals surface area (Å²) in [6.45, 7) is 4.91. The number of amides is 1. The molecule has 0 radical (unpaired) electrons. The van der Waals surface area contributed by atoms with Crippen molar-refractivity contribution in [3.05, 3.63) is 0 Å². The van der Waals surface area contributed by atoms with Crippen LogP contribution < -0.4 is 11.1 Å². The van der Waals surface area contributed by atoms with Crippen molar-refractivity contribution in [2.24, 2.45) is 17.6 Å². The molecule has 0 aliphatic carbocycles. The number of carbonyl (C=O) groups excluding carboxylic acids is 1. The van der Waals surface area contributed by atoms with Crippen molar-refractivity contribution in [3.8, 4) is 0 Å². The lowest BCUT2D eigenvalue weighted by Crippen LogP contribution is -2.34. The molecule has 18 heavy (non-hydrogen) atoms. The first kappa shape index (κ1) is 15.8. The molecule has 0 bridgehead atoms. The minimum Gasteiger partial charge on any atom is -0.356 e. The summed E-state index contributed by atoms with van der Waals surface area (Å²) in [5, 5.41) is 3.11. The van der Waals surface area contributed by atoms with E-state index in [0.717, 1.165) is 25.8 Å².